The Labute approximate surface area is 211 Å². The average Bonchev–Trinajstić information content (AvgIpc) is 3.33. The molecule has 0 atom stereocenters. The molecule has 1 aliphatic heterocycles. The first-order chi connectivity index (χ1) is 17.5. The molecule has 7 nitrogen and oxygen atoms in total. The molecule has 0 radical (unpaired) electrons. The fourth-order valence-corrected chi connectivity index (χ4v) is 4.63. The molecule has 0 spiro atoms. The summed E-state index contributed by atoms with van der Waals surface area (Å²) in [5, 5.41) is 4.80. The van der Waals surface area contributed by atoms with Gasteiger partial charge in [0, 0.05) is 43.3 Å². The molecular weight excluding hydrogens is 488 g/mol. The molecule has 10 heteroatoms. The van der Waals surface area contributed by atoms with E-state index in [1.54, 1.807) is 29.2 Å². The second kappa shape index (κ2) is 10.2. The summed E-state index contributed by atoms with van der Waals surface area (Å²) in [6, 6.07) is 16.0. The van der Waals surface area contributed by atoms with Crippen LogP contribution in [-0.2, 0) is 6.54 Å². The van der Waals surface area contributed by atoms with Gasteiger partial charge < -0.3 is 9.64 Å². The third-order valence-electron chi connectivity index (χ3n) is 6.35. The van der Waals surface area contributed by atoms with Gasteiger partial charge in [0.25, 0.3) is 12.3 Å². The van der Waals surface area contributed by atoms with Crippen LogP contribution in [0.25, 0.3) is 16.9 Å². The van der Waals surface area contributed by atoms with Gasteiger partial charge in [-0.05, 0) is 29.8 Å². The SMILES string of the molecule is COc1ccccc1-c1cc(C(F)F)n2ncc(C(=O)N3CCN(Cc4ccccc4Cl)CC3)c2n1. The van der Waals surface area contributed by atoms with E-state index < -0.39 is 6.43 Å². The highest BCUT2D eigenvalue weighted by Gasteiger charge is 2.27. The monoisotopic (exact) mass is 511 g/mol. The van der Waals surface area contributed by atoms with Crippen molar-refractivity contribution in [3.05, 3.63) is 82.6 Å². The molecule has 1 aliphatic rings. The zero-order valence-corrected chi connectivity index (χ0v) is 20.3. The predicted octanol–water partition coefficient (Wildman–Crippen LogP) is 4.95. The molecule has 0 aliphatic carbocycles. The average molecular weight is 512 g/mol. The van der Waals surface area contributed by atoms with Crippen molar-refractivity contribution in [2.45, 2.75) is 13.0 Å². The van der Waals surface area contributed by atoms with Gasteiger partial charge in [-0.25, -0.2) is 18.3 Å². The fourth-order valence-electron chi connectivity index (χ4n) is 4.43. The lowest BCUT2D eigenvalue weighted by molar-refractivity contribution is 0.0630. The summed E-state index contributed by atoms with van der Waals surface area (Å²) in [7, 11) is 1.50. The van der Waals surface area contributed by atoms with Crippen molar-refractivity contribution < 1.29 is 18.3 Å². The number of aromatic nitrogens is 3. The van der Waals surface area contributed by atoms with Crippen LogP contribution < -0.4 is 4.74 Å². The molecule has 2 aromatic carbocycles. The first-order valence-electron chi connectivity index (χ1n) is 11.5. The van der Waals surface area contributed by atoms with Gasteiger partial charge in [-0.1, -0.05) is 41.9 Å². The molecule has 5 rings (SSSR count). The smallest absolute Gasteiger partial charge is 0.280 e. The van der Waals surface area contributed by atoms with Gasteiger partial charge >= 0.3 is 0 Å². The number of hydrogen-bond acceptors (Lipinski definition) is 5. The molecule has 1 saturated heterocycles. The summed E-state index contributed by atoms with van der Waals surface area (Å²) in [5.74, 6) is 0.212. The molecule has 0 bridgehead atoms. The van der Waals surface area contributed by atoms with Crippen molar-refractivity contribution in [3.63, 3.8) is 0 Å². The summed E-state index contributed by atoms with van der Waals surface area (Å²) in [6.07, 6.45) is -1.49. The Morgan fingerprint density at radius 3 is 2.53 bits per heavy atom. The Kier molecular flexibility index (Phi) is 6.84. The number of amides is 1. The summed E-state index contributed by atoms with van der Waals surface area (Å²) in [5.41, 5.74) is 1.82. The molecule has 3 heterocycles. The molecule has 0 N–H and O–H groups in total. The second-order valence-electron chi connectivity index (χ2n) is 8.52. The second-order valence-corrected chi connectivity index (χ2v) is 8.93. The van der Waals surface area contributed by atoms with Crippen LogP contribution in [-0.4, -0.2) is 63.6 Å². The minimum absolute atomic E-state index is 0.0946. The quantitative estimate of drug-likeness (QED) is 0.366. The number of hydrogen-bond donors (Lipinski definition) is 0. The third kappa shape index (κ3) is 4.64. The third-order valence-corrected chi connectivity index (χ3v) is 6.72. The highest BCUT2D eigenvalue weighted by molar-refractivity contribution is 6.31. The number of benzene rings is 2. The minimum Gasteiger partial charge on any atom is -0.496 e. The topological polar surface area (TPSA) is 63.0 Å². The maximum Gasteiger partial charge on any atom is 0.280 e. The number of rotatable bonds is 6. The van der Waals surface area contributed by atoms with Gasteiger partial charge in [-0.15, -0.1) is 0 Å². The van der Waals surface area contributed by atoms with E-state index in [2.05, 4.69) is 15.0 Å². The predicted molar refractivity (Wildman–Crippen MR) is 133 cm³/mol. The number of alkyl halides is 2. The number of methoxy groups -OCH3 is 1. The van der Waals surface area contributed by atoms with Crippen LogP contribution >= 0.6 is 11.6 Å². The molecule has 186 valence electrons. The summed E-state index contributed by atoms with van der Waals surface area (Å²) < 4.78 is 34.4. The van der Waals surface area contributed by atoms with E-state index in [9.17, 15) is 13.6 Å². The number of fused-ring (bicyclic) bond motifs is 1. The van der Waals surface area contributed by atoms with Gasteiger partial charge in [0.05, 0.1) is 19.0 Å². The highest BCUT2D eigenvalue weighted by Crippen LogP contribution is 2.32. The van der Waals surface area contributed by atoms with Crippen molar-refractivity contribution in [2.24, 2.45) is 0 Å². The lowest BCUT2D eigenvalue weighted by atomic mass is 10.1. The van der Waals surface area contributed by atoms with Gasteiger partial charge in [0.1, 0.15) is 17.0 Å². The fraction of sp³-hybridized carbons (Fsp3) is 0.269. The Morgan fingerprint density at radius 2 is 1.81 bits per heavy atom. The number of halogens is 3. The number of para-hydroxylation sites is 1. The Morgan fingerprint density at radius 1 is 1.08 bits per heavy atom. The molecular formula is C26H24ClF2N5O2. The van der Waals surface area contributed by atoms with E-state index in [-0.39, 0.29) is 28.5 Å². The first kappa shape index (κ1) is 24.1. The molecule has 1 fully saturated rings. The maximum atomic E-state index is 14.0. The number of piperazine rings is 1. The Bertz CT molecular complexity index is 1400. The van der Waals surface area contributed by atoms with Gasteiger partial charge in [-0.2, -0.15) is 5.10 Å². The molecule has 1 amide bonds. The van der Waals surface area contributed by atoms with Crippen LogP contribution in [0.4, 0.5) is 8.78 Å². The van der Waals surface area contributed by atoms with Gasteiger partial charge in [-0.3, -0.25) is 9.69 Å². The molecule has 0 saturated carbocycles. The molecule has 4 aromatic rings. The van der Waals surface area contributed by atoms with E-state index in [1.807, 2.05) is 24.3 Å². The van der Waals surface area contributed by atoms with E-state index in [0.29, 0.717) is 49.1 Å². The van der Waals surface area contributed by atoms with Crippen molar-refractivity contribution >= 4 is 23.2 Å². The van der Waals surface area contributed by atoms with Crippen molar-refractivity contribution in [1.82, 2.24) is 24.4 Å². The zero-order chi connectivity index (χ0) is 25.2. The van der Waals surface area contributed by atoms with Crippen LogP contribution in [0, 0.1) is 0 Å². The number of nitrogens with zero attached hydrogens (tertiary/aromatic N) is 5. The van der Waals surface area contributed by atoms with Gasteiger partial charge in [0.2, 0.25) is 0 Å². The van der Waals surface area contributed by atoms with E-state index in [0.717, 1.165) is 10.1 Å². The van der Waals surface area contributed by atoms with Crippen LogP contribution in [0.3, 0.4) is 0 Å². The Balaban J connectivity index is 1.41. The van der Waals surface area contributed by atoms with Crippen molar-refractivity contribution in [2.75, 3.05) is 33.3 Å². The molecule has 2 aromatic heterocycles. The highest BCUT2D eigenvalue weighted by atomic mass is 35.5. The first-order valence-corrected chi connectivity index (χ1v) is 11.9. The molecule has 36 heavy (non-hydrogen) atoms. The largest absolute Gasteiger partial charge is 0.496 e. The summed E-state index contributed by atoms with van der Waals surface area (Å²) in [6.45, 7) is 3.01. The zero-order valence-electron chi connectivity index (χ0n) is 19.6. The normalized spacial score (nSPS) is 14.5. The lowest BCUT2D eigenvalue weighted by Gasteiger charge is -2.34. The summed E-state index contributed by atoms with van der Waals surface area (Å²) in [4.78, 5) is 21.9. The number of carbonyl (C=O) groups is 1. The number of carbonyl (C=O) groups excluding carboxylic acids is 1. The van der Waals surface area contributed by atoms with Crippen molar-refractivity contribution in [3.8, 4) is 17.0 Å². The van der Waals surface area contributed by atoms with Crippen LogP contribution in [0.15, 0.2) is 60.8 Å². The summed E-state index contributed by atoms with van der Waals surface area (Å²) >= 11 is 6.29. The number of ether oxygens (including phenoxy) is 1. The van der Waals surface area contributed by atoms with Crippen molar-refractivity contribution in [1.29, 1.82) is 0 Å². The van der Waals surface area contributed by atoms with Crippen LogP contribution in [0.5, 0.6) is 5.75 Å². The van der Waals surface area contributed by atoms with Crippen LogP contribution in [0.1, 0.15) is 28.0 Å². The lowest BCUT2D eigenvalue weighted by Crippen LogP contribution is -2.48. The molecule has 0 unspecified atom stereocenters. The van der Waals surface area contributed by atoms with Gasteiger partial charge in [0.15, 0.2) is 5.65 Å². The Hall–Kier alpha value is -3.56. The maximum absolute atomic E-state index is 14.0. The van der Waals surface area contributed by atoms with E-state index in [4.69, 9.17) is 16.3 Å². The van der Waals surface area contributed by atoms with E-state index in [1.165, 1.54) is 19.4 Å². The van der Waals surface area contributed by atoms with E-state index >= 15 is 0 Å². The standard InChI is InChI=1S/C26H24ClF2N5O2/c1-36-23-9-5-3-7-18(23)21-14-22(24(28)29)34-25(31-21)19(15-30-34)26(35)33-12-10-32(11-13-33)16-17-6-2-4-8-20(17)27/h2-9,14-15,24H,10-13,16H2,1H3. The minimum atomic E-state index is -2.81. The van der Waals surface area contributed by atoms with Crippen LogP contribution in [0.2, 0.25) is 5.02 Å².